The average molecular weight is 497 g/mol. The molecule has 0 saturated heterocycles. The Hall–Kier alpha value is -2.95. The first-order valence-corrected chi connectivity index (χ1v) is 11.3. The van der Waals surface area contributed by atoms with Crippen molar-refractivity contribution in [3.63, 3.8) is 0 Å². The van der Waals surface area contributed by atoms with Crippen molar-refractivity contribution in [1.29, 1.82) is 0 Å². The van der Waals surface area contributed by atoms with Crippen LogP contribution in [0.2, 0.25) is 0 Å². The molecule has 0 aliphatic heterocycles. The Labute approximate surface area is 199 Å². The normalized spacial score (nSPS) is 20.7. The van der Waals surface area contributed by atoms with Gasteiger partial charge in [0.1, 0.15) is 11.4 Å². The molecule has 0 bridgehead atoms. The van der Waals surface area contributed by atoms with Crippen LogP contribution in [0.5, 0.6) is 5.75 Å². The van der Waals surface area contributed by atoms with E-state index < -0.39 is 30.5 Å². The summed E-state index contributed by atoms with van der Waals surface area (Å²) >= 11 is 0. The number of pyridine rings is 1. The number of nitrogens with one attached hydrogen (secondary N) is 1. The molecule has 3 aromatic rings. The number of alkyl halides is 4. The molecule has 0 radical (unpaired) electrons. The number of halogens is 4. The van der Waals surface area contributed by atoms with Gasteiger partial charge < -0.3 is 19.6 Å². The third-order valence-electron chi connectivity index (χ3n) is 6.09. The lowest BCUT2D eigenvalue weighted by molar-refractivity contribution is -0.153. The van der Waals surface area contributed by atoms with Crippen LogP contribution in [0, 0.1) is 6.92 Å². The molecule has 2 N–H and O–H groups in total. The predicted molar refractivity (Wildman–Crippen MR) is 122 cm³/mol. The molecule has 7 nitrogen and oxygen atoms in total. The predicted octanol–water partition coefficient (Wildman–Crippen LogP) is 5.50. The van der Waals surface area contributed by atoms with Crippen LogP contribution in [0.1, 0.15) is 51.2 Å². The maximum absolute atomic E-state index is 12.7. The van der Waals surface area contributed by atoms with Gasteiger partial charge in [-0.25, -0.2) is 4.98 Å². The fourth-order valence-electron chi connectivity index (χ4n) is 4.29. The number of nitrogens with zero attached hydrogens (tertiary/aromatic N) is 3. The Morgan fingerprint density at radius 1 is 1.17 bits per heavy atom. The number of benzene rings is 1. The smallest absolute Gasteiger partial charge is 0.422 e. The van der Waals surface area contributed by atoms with Crippen molar-refractivity contribution in [2.75, 3.05) is 18.6 Å². The van der Waals surface area contributed by atoms with Gasteiger partial charge in [-0.3, -0.25) is 4.39 Å². The first-order valence-electron chi connectivity index (χ1n) is 11.3. The highest BCUT2D eigenvalue weighted by Crippen LogP contribution is 2.38. The SMILES string of the molecule is Cc1cc(-c2nnc(N[C@H]3C[C@](O)(CCF)C3)o2)nc2c(C(C)(C)C)cc(OCC(F)(F)F)cc12. The molecule has 11 heteroatoms. The highest BCUT2D eigenvalue weighted by atomic mass is 19.4. The number of hydrogen-bond donors (Lipinski definition) is 2. The molecule has 0 atom stereocenters. The van der Waals surface area contributed by atoms with Gasteiger partial charge >= 0.3 is 12.2 Å². The summed E-state index contributed by atoms with van der Waals surface area (Å²) in [5.41, 5.74) is 1.07. The molecule has 1 aromatic carbocycles. The number of aromatic nitrogens is 3. The van der Waals surface area contributed by atoms with E-state index in [2.05, 4.69) is 15.5 Å². The summed E-state index contributed by atoms with van der Waals surface area (Å²) < 4.78 is 61.4. The number of ether oxygens (including phenoxy) is 1. The highest BCUT2D eigenvalue weighted by molar-refractivity contribution is 5.89. The molecule has 1 saturated carbocycles. The Morgan fingerprint density at radius 2 is 1.89 bits per heavy atom. The minimum atomic E-state index is -4.44. The fourth-order valence-corrected chi connectivity index (χ4v) is 4.29. The maximum atomic E-state index is 12.7. The van der Waals surface area contributed by atoms with Gasteiger partial charge in [0.25, 0.3) is 5.89 Å². The molecule has 0 spiro atoms. The topological polar surface area (TPSA) is 93.3 Å². The zero-order chi connectivity index (χ0) is 25.6. The van der Waals surface area contributed by atoms with Crippen molar-refractivity contribution in [3.05, 3.63) is 29.3 Å². The first-order chi connectivity index (χ1) is 16.3. The van der Waals surface area contributed by atoms with Crippen molar-refractivity contribution < 1.29 is 31.8 Å². The van der Waals surface area contributed by atoms with Crippen LogP contribution in [-0.4, -0.2) is 51.4 Å². The van der Waals surface area contributed by atoms with Crippen LogP contribution in [-0.2, 0) is 5.41 Å². The molecule has 2 aromatic heterocycles. The van der Waals surface area contributed by atoms with Crippen LogP contribution in [0.15, 0.2) is 22.6 Å². The summed E-state index contributed by atoms with van der Waals surface area (Å²) in [6, 6.07) is 4.93. The van der Waals surface area contributed by atoms with E-state index >= 15 is 0 Å². The minimum Gasteiger partial charge on any atom is -0.484 e. The van der Waals surface area contributed by atoms with E-state index in [9.17, 15) is 22.7 Å². The minimum absolute atomic E-state index is 0.0968. The molecule has 4 rings (SSSR count). The van der Waals surface area contributed by atoms with Gasteiger partial charge in [-0.1, -0.05) is 25.9 Å². The molecule has 1 aliphatic rings. The summed E-state index contributed by atoms with van der Waals surface area (Å²) in [5, 5.41) is 21.9. The lowest BCUT2D eigenvalue weighted by Gasteiger charge is -2.43. The van der Waals surface area contributed by atoms with Crippen LogP contribution < -0.4 is 10.1 Å². The summed E-state index contributed by atoms with van der Waals surface area (Å²) in [6.07, 6.45) is -3.58. The fraction of sp³-hybridized carbons (Fsp3) is 0.542. The molecule has 190 valence electrons. The zero-order valence-corrected chi connectivity index (χ0v) is 20.0. The lowest BCUT2D eigenvalue weighted by Crippen LogP contribution is -2.50. The molecule has 1 fully saturated rings. The van der Waals surface area contributed by atoms with Gasteiger partial charge in [0.15, 0.2) is 6.61 Å². The number of aryl methyl sites for hydroxylation is 1. The molecular weight excluding hydrogens is 468 g/mol. The summed E-state index contributed by atoms with van der Waals surface area (Å²) in [4.78, 5) is 4.71. The maximum Gasteiger partial charge on any atom is 0.422 e. The van der Waals surface area contributed by atoms with Crippen molar-refractivity contribution in [3.8, 4) is 17.3 Å². The standard InChI is InChI=1S/C24H28F4N4O3/c1-13-7-18(20-31-32-21(35-20)29-14-10-23(33,11-14)5-6-25)30-19-16(13)8-15(34-12-24(26,27)28)9-17(19)22(2,3)4/h7-9,14,33H,5-6,10-12H2,1-4H3,(H,29,32)/t14-,23+. The van der Waals surface area contributed by atoms with Crippen LogP contribution in [0.25, 0.3) is 22.5 Å². The largest absolute Gasteiger partial charge is 0.484 e. The number of aliphatic hydroxyl groups is 1. The Balaban J connectivity index is 1.63. The van der Waals surface area contributed by atoms with Crippen molar-refractivity contribution in [2.45, 2.75) is 70.2 Å². The molecule has 35 heavy (non-hydrogen) atoms. The Bertz CT molecular complexity index is 1210. The second-order valence-corrected chi connectivity index (χ2v) is 10.2. The molecule has 0 amide bonds. The van der Waals surface area contributed by atoms with E-state index in [4.69, 9.17) is 14.1 Å². The van der Waals surface area contributed by atoms with E-state index in [1.807, 2.05) is 27.7 Å². The molecule has 2 heterocycles. The average Bonchev–Trinajstić information content (AvgIpc) is 3.18. The zero-order valence-electron chi connectivity index (χ0n) is 20.0. The summed E-state index contributed by atoms with van der Waals surface area (Å²) in [5.74, 6) is 0.294. The van der Waals surface area contributed by atoms with E-state index in [1.165, 1.54) is 0 Å². The number of hydrogen-bond acceptors (Lipinski definition) is 7. The molecule has 1 aliphatic carbocycles. The Kier molecular flexibility index (Phi) is 6.41. The molecular formula is C24H28F4N4O3. The van der Waals surface area contributed by atoms with Gasteiger partial charge in [0, 0.05) is 17.8 Å². The quantitative estimate of drug-likeness (QED) is 0.418. The van der Waals surface area contributed by atoms with Gasteiger partial charge in [-0.15, -0.1) is 5.10 Å². The van der Waals surface area contributed by atoms with E-state index in [-0.39, 0.29) is 30.1 Å². The highest BCUT2D eigenvalue weighted by Gasteiger charge is 2.42. The van der Waals surface area contributed by atoms with Crippen LogP contribution in [0.3, 0.4) is 0 Å². The number of rotatable bonds is 7. The first kappa shape index (κ1) is 25.2. The van der Waals surface area contributed by atoms with Crippen LogP contribution >= 0.6 is 0 Å². The number of fused-ring (bicyclic) bond motifs is 1. The summed E-state index contributed by atoms with van der Waals surface area (Å²) in [7, 11) is 0. The Morgan fingerprint density at radius 3 is 2.51 bits per heavy atom. The third kappa shape index (κ3) is 5.66. The number of anilines is 1. The van der Waals surface area contributed by atoms with Gasteiger partial charge in [-0.2, -0.15) is 13.2 Å². The van der Waals surface area contributed by atoms with Gasteiger partial charge in [0.05, 0.1) is 17.8 Å². The van der Waals surface area contributed by atoms with E-state index in [1.54, 1.807) is 18.2 Å². The van der Waals surface area contributed by atoms with E-state index in [0.717, 1.165) is 11.1 Å². The van der Waals surface area contributed by atoms with Crippen LogP contribution in [0.4, 0.5) is 23.6 Å². The summed E-state index contributed by atoms with van der Waals surface area (Å²) in [6.45, 7) is 5.69. The molecule has 0 unspecified atom stereocenters. The second-order valence-electron chi connectivity index (χ2n) is 10.2. The van der Waals surface area contributed by atoms with E-state index in [0.29, 0.717) is 29.4 Å². The van der Waals surface area contributed by atoms with Gasteiger partial charge in [-0.05, 0) is 54.5 Å². The van der Waals surface area contributed by atoms with Gasteiger partial charge in [0.2, 0.25) is 0 Å². The lowest BCUT2D eigenvalue weighted by atomic mass is 9.74. The van der Waals surface area contributed by atoms with Crippen molar-refractivity contribution in [1.82, 2.24) is 15.2 Å². The second kappa shape index (κ2) is 8.92. The monoisotopic (exact) mass is 496 g/mol. The van der Waals surface area contributed by atoms with Crippen molar-refractivity contribution in [2.24, 2.45) is 0 Å². The third-order valence-corrected chi connectivity index (χ3v) is 6.09. The van der Waals surface area contributed by atoms with Crippen molar-refractivity contribution >= 4 is 16.9 Å².